The minimum absolute atomic E-state index is 0.234. The number of tetrazole rings is 1. The number of hydrogen-bond donors (Lipinski definition) is 2. The zero-order valence-corrected chi connectivity index (χ0v) is 12.4. The predicted octanol–water partition coefficient (Wildman–Crippen LogP) is 1.18. The summed E-state index contributed by atoms with van der Waals surface area (Å²) in [7, 11) is 1.52. The monoisotopic (exact) mass is 310 g/mol. The van der Waals surface area contributed by atoms with Gasteiger partial charge >= 0.3 is 0 Å². The van der Waals surface area contributed by atoms with Crippen LogP contribution in [0, 0.1) is 0 Å². The third-order valence-corrected chi connectivity index (χ3v) is 4.06. The first-order valence-corrected chi connectivity index (χ1v) is 7.22. The Labute approximate surface area is 131 Å². The molecular formula is C15H14N6O2. The van der Waals surface area contributed by atoms with Crippen LogP contribution in [0.15, 0.2) is 30.5 Å². The highest BCUT2D eigenvalue weighted by molar-refractivity contribution is 6.08. The Morgan fingerprint density at radius 3 is 2.87 bits per heavy atom. The lowest BCUT2D eigenvalue weighted by Crippen LogP contribution is -2.36. The van der Waals surface area contributed by atoms with Gasteiger partial charge in [-0.1, -0.05) is 23.4 Å². The van der Waals surface area contributed by atoms with Crippen molar-refractivity contribution in [2.75, 3.05) is 7.11 Å². The summed E-state index contributed by atoms with van der Waals surface area (Å²) in [6.45, 7) is 0. The van der Waals surface area contributed by atoms with Gasteiger partial charge in [0.05, 0.1) is 24.4 Å². The standard InChI is InChI=1S/C15H14N6O2/c1-23-11-8-16-10-5-3-2-4-9(10)12(11)13(22)17-15(6-7-15)14-18-20-21-19-14/h2-5,8H,6-7H2,1H3,(H,17,22)(H,18,19,20,21). The maximum atomic E-state index is 12.9. The van der Waals surface area contributed by atoms with Gasteiger partial charge in [-0.3, -0.25) is 9.78 Å². The molecule has 0 spiro atoms. The SMILES string of the molecule is COc1cnc2ccccc2c1C(=O)NC1(c2nn[nH]n2)CC1. The largest absolute Gasteiger partial charge is 0.494 e. The van der Waals surface area contributed by atoms with Crippen LogP contribution in [0.2, 0.25) is 0 Å². The number of aromatic amines is 1. The Morgan fingerprint density at radius 1 is 1.35 bits per heavy atom. The minimum atomic E-state index is -0.542. The van der Waals surface area contributed by atoms with Gasteiger partial charge in [-0.15, -0.1) is 10.2 Å². The fourth-order valence-corrected chi connectivity index (χ4v) is 2.69. The van der Waals surface area contributed by atoms with Crippen molar-refractivity contribution in [1.29, 1.82) is 0 Å². The Morgan fingerprint density at radius 2 is 2.17 bits per heavy atom. The van der Waals surface area contributed by atoms with Crippen LogP contribution in [0.4, 0.5) is 0 Å². The van der Waals surface area contributed by atoms with Crippen LogP contribution in [-0.2, 0) is 5.54 Å². The Bertz CT molecular complexity index is 873. The number of nitrogens with one attached hydrogen (secondary N) is 2. The van der Waals surface area contributed by atoms with Crippen molar-refractivity contribution in [3.63, 3.8) is 0 Å². The number of carbonyl (C=O) groups is 1. The van der Waals surface area contributed by atoms with E-state index in [0.29, 0.717) is 17.1 Å². The van der Waals surface area contributed by atoms with Gasteiger partial charge in [-0.25, -0.2) is 0 Å². The summed E-state index contributed by atoms with van der Waals surface area (Å²) in [4.78, 5) is 17.2. The highest BCUT2D eigenvalue weighted by Gasteiger charge is 2.50. The van der Waals surface area contributed by atoms with Crippen LogP contribution >= 0.6 is 0 Å². The van der Waals surface area contributed by atoms with Gasteiger partial charge in [-0.2, -0.15) is 5.21 Å². The first-order valence-electron chi connectivity index (χ1n) is 7.22. The van der Waals surface area contributed by atoms with Gasteiger partial charge < -0.3 is 10.1 Å². The molecule has 0 atom stereocenters. The number of aromatic nitrogens is 5. The molecule has 23 heavy (non-hydrogen) atoms. The molecule has 8 heteroatoms. The molecule has 2 aromatic heterocycles. The van der Waals surface area contributed by atoms with E-state index in [4.69, 9.17) is 4.74 Å². The van der Waals surface area contributed by atoms with Gasteiger partial charge in [0.1, 0.15) is 5.54 Å². The first kappa shape index (κ1) is 13.6. The van der Waals surface area contributed by atoms with Gasteiger partial charge in [-0.05, 0) is 18.9 Å². The Kier molecular flexibility index (Phi) is 2.97. The van der Waals surface area contributed by atoms with E-state index >= 15 is 0 Å². The van der Waals surface area contributed by atoms with Crippen molar-refractivity contribution >= 4 is 16.8 Å². The third kappa shape index (κ3) is 2.19. The molecule has 8 nitrogen and oxygen atoms in total. The van der Waals surface area contributed by atoms with Crippen LogP contribution in [-0.4, -0.2) is 38.6 Å². The zero-order valence-electron chi connectivity index (χ0n) is 12.4. The number of carbonyl (C=O) groups excluding carboxylic acids is 1. The number of pyridine rings is 1. The molecule has 2 heterocycles. The topological polar surface area (TPSA) is 106 Å². The highest BCUT2D eigenvalue weighted by Crippen LogP contribution is 2.44. The predicted molar refractivity (Wildman–Crippen MR) is 80.9 cm³/mol. The second-order valence-electron chi connectivity index (χ2n) is 5.49. The average Bonchev–Trinajstić information content (AvgIpc) is 3.14. The average molecular weight is 310 g/mol. The highest BCUT2D eigenvalue weighted by atomic mass is 16.5. The number of para-hydroxylation sites is 1. The number of fused-ring (bicyclic) bond motifs is 1. The lowest BCUT2D eigenvalue weighted by molar-refractivity contribution is 0.0927. The van der Waals surface area contributed by atoms with Gasteiger partial charge in [0, 0.05) is 5.39 Å². The van der Waals surface area contributed by atoms with Crippen LogP contribution in [0.5, 0.6) is 5.75 Å². The molecule has 3 aromatic rings. The molecule has 0 unspecified atom stereocenters. The number of rotatable bonds is 4. The minimum Gasteiger partial charge on any atom is -0.494 e. The Balaban J connectivity index is 1.75. The van der Waals surface area contributed by atoms with E-state index in [9.17, 15) is 4.79 Å². The lowest BCUT2D eigenvalue weighted by Gasteiger charge is -2.16. The number of methoxy groups -OCH3 is 1. The van der Waals surface area contributed by atoms with E-state index in [-0.39, 0.29) is 5.91 Å². The number of benzene rings is 1. The molecule has 1 aliphatic carbocycles. The zero-order chi connectivity index (χ0) is 15.9. The number of hydrogen-bond acceptors (Lipinski definition) is 6. The maximum Gasteiger partial charge on any atom is 0.256 e. The quantitative estimate of drug-likeness (QED) is 0.749. The van der Waals surface area contributed by atoms with Crippen molar-refractivity contribution in [3.05, 3.63) is 41.9 Å². The smallest absolute Gasteiger partial charge is 0.256 e. The lowest BCUT2D eigenvalue weighted by atomic mass is 10.1. The molecule has 1 fully saturated rings. The van der Waals surface area contributed by atoms with Gasteiger partial charge in [0.2, 0.25) is 0 Å². The first-order chi connectivity index (χ1) is 11.2. The van der Waals surface area contributed by atoms with E-state index in [1.165, 1.54) is 7.11 Å². The van der Waals surface area contributed by atoms with Crippen LogP contribution < -0.4 is 10.1 Å². The molecule has 1 amide bonds. The van der Waals surface area contributed by atoms with Crippen LogP contribution in [0.3, 0.4) is 0 Å². The summed E-state index contributed by atoms with van der Waals surface area (Å²) in [5.74, 6) is 0.705. The molecule has 1 saturated carbocycles. The molecule has 2 N–H and O–H groups in total. The molecule has 116 valence electrons. The van der Waals surface area contributed by atoms with Gasteiger partial charge in [0.15, 0.2) is 11.6 Å². The summed E-state index contributed by atoms with van der Waals surface area (Å²) in [5.41, 5.74) is 0.662. The molecule has 0 saturated heterocycles. The summed E-state index contributed by atoms with van der Waals surface area (Å²) in [6.07, 6.45) is 3.12. The molecule has 1 aromatic carbocycles. The normalized spacial score (nSPS) is 15.3. The van der Waals surface area contributed by atoms with E-state index in [0.717, 1.165) is 23.7 Å². The summed E-state index contributed by atoms with van der Waals surface area (Å²) in [5, 5.41) is 17.8. The van der Waals surface area contributed by atoms with E-state index < -0.39 is 5.54 Å². The molecule has 0 aliphatic heterocycles. The van der Waals surface area contributed by atoms with E-state index in [1.54, 1.807) is 6.20 Å². The summed E-state index contributed by atoms with van der Waals surface area (Å²) < 4.78 is 5.33. The van der Waals surface area contributed by atoms with Crippen LogP contribution in [0.25, 0.3) is 10.9 Å². The maximum absolute atomic E-state index is 12.9. The van der Waals surface area contributed by atoms with Crippen molar-refractivity contribution in [2.45, 2.75) is 18.4 Å². The molecule has 0 bridgehead atoms. The number of nitrogens with zero attached hydrogens (tertiary/aromatic N) is 4. The van der Waals surface area contributed by atoms with Crippen molar-refractivity contribution in [3.8, 4) is 5.75 Å². The summed E-state index contributed by atoms with van der Waals surface area (Å²) in [6, 6.07) is 7.46. The van der Waals surface area contributed by atoms with E-state index in [1.807, 2.05) is 24.3 Å². The number of ether oxygens (including phenoxy) is 1. The fraction of sp³-hybridized carbons (Fsp3) is 0.267. The van der Waals surface area contributed by atoms with Crippen molar-refractivity contribution in [1.82, 2.24) is 30.9 Å². The third-order valence-electron chi connectivity index (χ3n) is 4.06. The molecule has 1 aliphatic rings. The van der Waals surface area contributed by atoms with Gasteiger partial charge in [0.25, 0.3) is 5.91 Å². The second kappa shape index (κ2) is 5.01. The second-order valence-corrected chi connectivity index (χ2v) is 5.49. The molecule has 0 radical (unpaired) electrons. The molecule has 4 rings (SSSR count). The molecular weight excluding hydrogens is 296 g/mol. The summed E-state index contributed by atoms with van der Waals surface area (Å²) >= 11 is 0. The number of amides is 1. The number of H-pyrrole nitrogens is 1. The van der Waals surface area contributed by atoms with E-state index in [2.05, 4.69) is 30.9 Å². The van der Waals surface area contributed by atoms with Crippen molar-refractivity contribution < 1.29 is 9.53 Å². The fourth-order valence-electron chi connectivity index (χ4n) is 2.69. The Hall–Kier alpha value is -3.03. The van der Waals surface area contributed by atoms with Crippen LogP contribution in [0.1, 0.15) is 29.0 Å². The van der Waals surface area contributed by atoms with Crippen molar-refractivity contribution in [2.24, 2.45) is 0 Å².